The maximum atomic E-state index is 12.7. The van der Waals surface area contributed by atoms with Crippen molar-refractivity contribution in [2.24, 2.45) is 0 Å². The van der Waals surface area contributed by atoms with Crippen LogP contribution in [0.25, 0.3) is 0 Å². The van der Waals surface area contributed by atoms with Crippen molar-refractivity contribution in [3.8, 4) is 6.07 Å². The second kappa shape index (κ2) is 9.02. The molecule has 0 aromatic heterocycles. The third kappa shape index (κ3) is 5.19. The van der Waals surface area contributed by atoms with Crippen molar-refractivity contribution in [3.63, 3.8) is 0 Å². The lowest BCUT2D eigenvalue weighted by molar-refractivity contribution is -0.128. The molecule has 1 aliphatic heterocycles. The van der Waals surface area contributed by atoms with E-state index in [1.54, 1.807) is 4.90 Å². The highest BCUT2D eigenvalue weighted by Crippen LogP contribution is 2.13. The van der Waals surface area contributed by atoms with Gasteiger partial charge in [0.1, 0.15) is 11.6 Å². The average molecular weight is 360 g/mol. The van der Waals surface area contributed by atoms with Gasteiger partial charge < -0.3 is 10.2 Å². The smallest absolute Gasteiger partial charge is 0.266 e. The van der Waals surface area contributed by atoms with Gasteiger partial charge in [0.05, 0.1) is 0 Å². The third-order valence-electron chi connectivity index (χ3n) is 4.66. The molecule has 5 nitrogen and oxygen atoms in total. The lowest BCUT2D eigenvalue weighted by atomic mass is 10.2. The first-order valence-electron chi connectivity index (χ1n) is 9.15. The Hall–Kier alpha value is -3.10. The Kier molecular flexibility index (Phi) is 6.24. The average Bonchev–Trinajstić information content (AvgIpc) is 2.70. The molecule has 138 valence electrons. The molecule has 1 fully saturated rings. The van der Waals surface area contributed by atoms with Crippen molar-refractivity contribution >= 4 is 11.6 Å². The lowest BCUT2D eigenvalue weighted by Gasteiger charge is -2.34. The molecule has 2 aromatic carbocycles. The molecule has 0 unspecified atom stereocenters. The van der Waals surface area contributed by atoms with Gasteiger partial charge >= 0.3 is 0 Å². The molecule has 27 heavy (non-hydrogen) atoms. The molecule has 0 saturated carbocycles. The standard InChI is InChI=1S/C22H24N4O/c1-18-6-5-9-21(14-18)24-16-20(15-23)22(27)26-12-10-25(11-13-26)17-19-7-3-2-4-8-19/h2-9,14,16,24H,10-13,17H2,1H3/b20-16-. The van der Waals surface area contributed by atoms with E-state index in [0.29, 0.717) is 13.1 Å². The van der Waals surface area contributed by atoms with Crippen LogP contribution in [0.4, 0.5) is 5.69 Å². The third-order valence-corrected chi connectivity index (χ3v) is 4.66. The molecule has 5 heteroatoms. The van der Waals surface area contributed by atoms with Crippen molar-refractivity contribution in [3.05, 3.63) is 77.5 Å². The number of hydrogen-bond acceptors (Lipinski definition) is 4. The summed E-state index contributed by atoms with van der Waals surface area (Å²) in [6.07, 6.45) is 1.51. The molecule has 3 rings (SSSR count). The molecule has 0 bridgehead atoms. The summed E-state index contributed by atoms with van der Waals surface area (Å²) in [5.41, 5.74) is 3.39. The van der Waals surface area contributed by atoms with Gasteiger partial charge in [0.15, 0.2) is 0 Å². The van der Waals surface area contributed by atoms with Crippen LogP contribution in [-0.4, -0.2) is 41.9 Å². The van der Waals surface area contributed by atoms with Gasteiger partial charge in [-0.3, -0.25) is 9.69 Å². The van der Waals surface area contributed by atoms with Crippen molar-refractivity contribution in [1.29, 1.82) is 5.26 Å². The molecule has 1 heterocycles. The van der Waals surface area contributed by atoms with Gasteiger partial charge in [0, 0.05) is 44.6 Å². The minimum atomic E-state index is -0.211. The normalized spacial score (nSPS) is 15.3. The number of nitrogens with zero attached hydrogens (tertiary/aromatic N) is 3. The molecule has 2 aromatic rings. The topological polar surface area (TPSA) is 59.4 Å². The van der Waals surface area contributed by atoms with Gasteiger partial charge in [0.2, 0.25) is 0 Å². The van der Waals surface area contributed by atoms with Gasteiger partial charge in [-0.25, -0.2) is 0 Å². The predicted molar refractivity (Wildman–Crippen MR) is 107 cm³/mol. The largest absolute Gasteiger partial charge is 0.360 e. The number of nitriles is 1. The maximum absolute atomic E-state index is 12.7. The van der Waals surface area contributed by atoms with E-state index in [9.17, 15) is 10.1 Å². The predicted octanol–water partition coefficient (Wildman–Crippen LogP) is 3.16. The molecule has 1 amide bonds. The van der Waals surface area contributed by atoms with Crippen molar-refractivity contribution < 1.29 is 4.79 Å². The minimum Gasteiger partial charge on any atom is -0.360 e. The molecule has 1 saturated heterocycles. The van der Waals surface area contributed by atoms with Gasteiger partial charge in [-0.15, -0.1) is 0 Å². The molecular weight excluding hydrogens is 336 g/mol. The Labute approximate surface area is 160 Å². The van der Waals surface area contributed by atoms with Crippen LogP contribution in [0.2, 0.25) is 0 Å². The number of benzene rings is 2. The molecular formula is C22H24N4O. The number of nitrogens with one attached hydrogen (secondary N) is 1. The summed E-state index contributed by atoms with van der Waals surface area (Å²) in [4.78, 5) is 16.8. The Morgan fingerprint density at radius 1 is 1.11 bits per heavy atom. The zero-order valence-corrected chi connectivity index (χ0v) is 15.6. The van der Waals surface area contributed by atoms with Crippen LogP contribution >= 0.6 is 0 Å². The van der Waals surface area contributed by atoms with Crippen LogP contribution in [0.3, 0.4) is 0 Å². The summed E-state index contributed by atoms with van der Waals surface area (Å²) in [6.45, 7) is 5.78. The fraction of sp³-hybridized carbons (Fsp3) is 0.273. The first kappa shape index (κ1) is 18.7. The first-order chi connectivity index (χ1) is 13.2. The van der Waals surface area contributed by atoms with Gasteiger partial charge in [-0.1, -0.05) is 42.5 Å². The first-order valence-corrected chi connectivity index (χ1v) is 9.15. The molecule has 0 spiro atoms. The highest BCUT2D eigenvalue weighted by atomic mass is 16.2. The summed E-state index contributed by atoms with van der Waals surface area (Å²) in [7, 11) is 0. The minimum absolute atomic E-state index is 0.132. The number of carbonyl (C=O) groups excluding carboxylic acids is 1. The van der Waals surface area contributed by atoms with E-state index in [-0.39, 0.29) is 11.5 Å². The van der Waals surface area contributed by atoms with E-state index in [0.717, 1.165) is 30.9 Å². The molecule has 0 aliphatic carbocycles. The number of hydrogen-bond donors (Lipinski definition) is 1. The Balaban J connectivity index is 1.55. The van der Waals surface area contributed by atoms with Crippen molar-refractivity contribution in [2.75, 3.05) is 31.5 Å². The highest BCUT2D eigenvalue weighted by Gasteiger charge is 2.23. The van der Waals surface area contributed by atoms with Crippen LogP contribution in [0.5, 0.6) is 0 Å². The molecule has 0 radical (unpaired) electrons. The number of amides is 1. The number of carbonyl (C=O) groups is 1. The fourth-order valence-electron chi connectivity index (χ4n) is 3.15. The van der Waals surface area contributed by atoms with Crippen LogP contribution in [-0.2, 0) is 11.3 Å². The van der Waals surface area contributed by atoms with Crippen LogP contribution in [0, 0.1) is 18.3 Å². The lowest BCUT2D eigenvalue weighted by Crippen LogP contribution is -2.48. The molecule has 1 aliphatic rings. The number of aryl methyl sites for hydroxylation is 1. The second-order valence-corrected chi connectivity index (χ2v) is 6.74. The summed E-state index contributed by atoms with van der Waals surface area (Å²) in [5.74, 6) is -0.211. The zero-order chi connectivity index (χ0) is 19.1. The molecule has 0 atom stereocenters. The SMILES string of the molecule is Cc1cccc(N/C=C(/C#N)C(=O)N2CCN(Cc3ccccc3)CC2)c1. The second-order valence-electron chi connectivity index (χ2n) is 6.74. The van der Waals surface area contributed by atoms with E-state index in [2.05, 4.69) is 22.3 Å². The van der Waals surface area contributed by atoms with E-state index in [1.807, 2.05) is 55.5 Å². The van der Waals surface area contributed by atoms with Crippen LogP contribution in [0.1, 0.15) is 11.1 Å². The monoisotopic (exact) mass is 360 g/mol. The quantitative estimate of drug-likeness (QED) is 0.657. The van der Waals surface area contributed by atoms with E-state index in [1.165, 1.54) is 11.8 Å². The summed E-state index contributed by atoms with van der Waals surface area (Å²) in [5, 5.41) is 12.4. The molecule has 1 N–H and O–H groups in total. The highest BCUT2D eigenvalue weighted by molar-refractivity contribution is 5.97. The zero-order valence-electron chi connectivity index (χ0n) is 15.6. The van der Waals surface area contributed by atoms with Gasteiger partial charge in [-0.05, 0) is 30.2 Å². The van der Waals surface area contributed by atoms with Crippen molar-refractivity contribution in [1.82, 2.24) is 9.80 Å². The Morgan fingerprint density at radius 2 is 1.85 bits per heavy atom. The number of rotatable bonds is 5. The number of piperazine rings is 1. The van der Waals surface area contributed by atoms with Crippen LogP contribution < -0.4 is 5.32 Å². The summed E-state index contributed by atoms with van der Waals surface area (Å²) < 4.78 is 0. The van der Waals surface area contributed by atoms with Gasteiger partial charge in [0.25, 0.3) is 5.91 Å². The Morgan fingerprint density at radius 3 is 2.52 bits per heavy atom. The van der Waals surface area contributed by atoms with E-state index < -0.39 is 0 Å². The Bertz CT molecular complexity index is 846. The van der Waals surface area contributed by atoms with E-state index in [4.69, 9.17) is 0 Å². The van der Waals surface area contributed by atoms with Gasteiger partial charge in [-0.2, -0.15) is 5.26 Å². The van der Waals surface area contributed by atoms with E-state index >= 15 is 0 Å². The number of anilines is 1. The summed E-state index contributed by atoms with van der Waals surface area (Å²) >= 11 is 0. The summed E-state index contributed by atoms with van der Waals surface area (Å²) in [6, 6.07) is 20.2. The van der Waals surface area contributed by atoms with Crippen molar-refractivity contribution in [2.45, 2.75) is 13.5 Å². The van der Waals surface area contributed by atoms with Crippen LogP contribution in [0.15, 0.2) is 66.4 Å². The maximum Gasteiger partial charge on any atom is 0.266 e. The fourth-order valence-corrected chi connectivity index (χ4v) is 3.15.